The third-order valence-corrected chi connectivity index (χ3v) is 9.88. The molecule has 0 spiro atoms. The van der Waals surface area contributed by atoms with Crippen LogP contribution >= 0.6 is 0 Å². The van der Waals surface area contributed by atoms with Crippen molar-refractivity contribution in [1.29, 1.82) is 0 Å². The maximum Gasteiger partial charge on any atom is 0.156 e. The van der Waals surface area contributed by atoms with Gasteiger partial charge in [0.15, 0.2) is 5.78 Å². The quantitative estimate of drug-likeness (QED) is 0.370. The van der Waals surface area contributed by atoms with Gasteiger partial charge in [0.2, 0.25) is 0 Å². The maximum absolute atomic E-state index is 12.2. The van der Waals surface area contributed by atoms with Crippen molar-refractivity contribution in [2.75, 3.05) is 33.0 Å². The molecule has 1 aromatic carbocycles. The van der Waals surface area contributed by atoms with E-state index in [1.807, 2.05) is 24.3 Å². The highest BCUT2D eigenvalue weighted by Gasteiger charge is 2.61. The molecular formula is C33H45NO4. The molecule has 2 fully saturated rings. The van der Waals surface area contributed by atoms with Crippen molar-refractivity contribution in [1.82, 2.24) is 0 Å². The third kappa shape index (κ3) is 5.49. The van der Waals surface area contributed by atoms with Gasteiger partial charge in [-0.3, -0.25) is 4.79 Å². The molecule has 0 amide bonds. The summed E-state index contributed by atoms with van der Waals surface area (Å²) in [6.45, 7) is 5.37. The summed E-state index contributed by atoms with van der Waals surface area (Å²) in [5.74, 6) is 1.68. The van der Waals surface area contributed by atoms with E-state index >= 15 is 0 Å². The molecule has 2 unspecified atom stereocenters. The highest BCUT2D eigenvalue weighted by Crippen LogP contribution is 2.65. The van der Waals surface area contributed by atoms with Crippen LogP contribution in [0.25, 0.3) is 6.08 Å². The van der Waals surface area contributed by atoms with E-state index in [0.29, 0.717) is 50.5 Å². The van der Waals surface area contributed by atoms with E-state index in [0.717, 1.165) is 63.5 Å². The normalized spacial score (nSPS) is 32.8. The summed E-state index contributed by atoms with van der Waals surface area (Å²) in [4.78, 5) is 12.2. The van der Waals surface area contributed by atoms with Crippen molar-refractivity contribution in [3.8, 4) is 0 Å². The molecule has 5 nitrogen and oxygen atoms in total. The molecular weight excluding hydrogens is 474 g/mol. The van der Waals surface area contributed by atoms with Crippen molar-refractivity contribution < 1.29 is 19.4 Å². The van der Waals surface area contributed by atoms with E-state index in [9.17, 15) is 9.90 Å². The molecule has 2 saturated carbocycles. The van der Waals surface area contributed by atoms with Gasteiger partial charge in [0.05, 0.1) is 25.4 Å². The Hall–Kier alpha value is -2.05. The number of nitrogens with two attached hydrogens (primary N) is 1. The molecule has 0 radical (unpaired) electrons. The number of hydrogen-bond donors (Lipinski definition) is 2. The fourth-order valence-electron chi connectivity index (χ4n) is 8.04. The van der Waals surface area contributed by atoms with Crippen molar-refractivity contribution in [3.05, 3.63) is 64.8 Å². The van der Waals surface area contributed by atoms with Crippen LogP contribution in [-0.2, 0) is 14.3 Å². The molecule has 3 N–H and O–H groups in total. The van der Waals surface area contributed by atoms with Gasteiger partial charge in [-0.1, -0.05) is 55.0 Å². The average molecular weight is 520 g/mol. The SMILES string of the molecule is C[C@]12C[C@H](CCCOCCOCCN)C3=C4CCC(=O)C=C4CCC3C1CC[C@@]2(O)/C=C/c1ccccc1. The number of rotatable bonds is 11. The summed E-state index contributed by atoms with van der Waals surface area (Å²) in [7, 11) is 0. The van der Waals surface area contributed by atoms with Gasteiger partial charge in [-0.2, -0.15) is 0 Å². The first-order valence-corrected chi connectivity index (χ1v) is 14.7. The lowest BCUT2D eigenvalue weighted by atomic mass is 9.51. The van der Waals surface area contributed by atoms with Crippen LogP contribution in [-0.4, -0.2) is 49.5 Å². The van der Waals surface area contributed by atoms with Gasteiger partial charge in [-0.25, -0.2) is 0 Å². The van der Waals surface area contributed by atoms with E-state index in [1.165, 1.54) is 11.1 Å². The predicted molar refractivity (Wildman–Crippen MR) is 151 cm³/mol. The smallest absolute Gasteiger partial charge is 0.156 e. The second-order valence-corrected chi connectivity index (χ2v) is 12.0. The fraction of sp³-hybridized carbons (Fsp3) is 0.606. The molecule has 0 aliphatic heterocycles. The Bertz CT molecular complexity index is 1080. The van der Waals surface area contributed by atoms with Gasteiger partial charge >= 0.3 is 0 Å². The highest BCUT2D eigenvalue weighted by molar-refractivity contribution is 5.93. The van der Waals surface area contributed by atoms with Crippen LogP contribution in [0.1, 0.15) is 70.3 Å². The van der Waals surface area contributed by atoms with Crippen molar-refractivity contribution in [3.63, 3.8) is 0 Å². The standard InChI is InChI=1S/C33H45NO4/c1-32-23-26(8-5-18-37-20-21-38-19-17-34)31-28-12-10-27(35)22-25(28)9-11-29(31)30(32)14-16-33(32,36)15-13-24-6-3-2-4-7-24/h2-4,6-7,13,15,22,26,29-30,36H,5,8-12,14,16-21,23,34H2,1H3/b15-13+/t26-,29?,30?,32-,33-/m0/s1. The lowest BCUT2D eigenvalue weighted by molar-refractivity contribution is -0.114. The topological polar surface area (TPSA) is 81.8 Å². The zero-order chi connectivity index (χ0) is 26.6. The van der Waals surface area contributed by atoms with Gasteiger partial charge in [0.25, 0.3) is 0 Å². The second-order valence-electron chi connectivity index (χ2n) is 12.0. The lowest BCUT2D eigenvalue weighted by Gasteiger charge is -2.54. The molecule has 4 aliphatic rings. The Balaban J connectivity index is 1.37. The summed E-state index contributed by atoms with van der Waals surface area (Å²) in [6.07, 6.45) is 14.7. The Morgan fingerprint density at radius 1 is 1.05 bits per heavy atom. The Morgan fingerprint density at radius 3 is 2.63 bits per heavy atom. The van der Waals surface area contributed by atoms with Crippen LogP contribution < -0.4 is 5.73 Å². The Kier molecular flexibility index (Phi) is 8.69. The number of hydrogen-bond acceptors (Lipinski definition) is 5. The number of carbonyl (C=O) groups excluding carboxylic acids is 1. The molecule has 0 aromatic heterocycles. The van der Waals surface area contributed by atoms with Crippen LogP contribution in [0.2, 0.25) is 0 Å². The number of carbonyl (C=O) groups is 1. The third-order valence-electron chi connectivity index (χ3n) is 9.88. The van der Waals surface area contributed by atoms with E-state index in [4.69, 9.17) is 15.2 Å². The van der Waals surface area contributed by atoms with Gasteiger partial charge in [-0.15, -0.1) is 0 Å². The first kappa shape index (κ1) is 27.5. The minimum Gasteiger partial charge on any atom is -0.385 e. The molecule has 0 saturated heterocycles. The average Bonchev–Trinajstić information content (AvgIpc) is 3.19. The largest absolute Gasteiger partial charge is 0.385 e. The van der Waals surface area contributed by atoms with Gasteiger partial charge < -0.3 is 20.3 Å². The molecule has 38 heavy (non-hydrogen) atoms. The minimum atomic E-state index is -0.808. The van der Waals surface area contributed by atoms with Crippen molar-refractivity contribution in [2.24, 2.45) is 28.9 Å². The van der Waals surface area contributed by atoms with Crippen LogP contribution in [0.5, 0.6) is 0 Å². The number of aliphatic hydroxyl groups is 1. The maximum atomic E-state index is 12.2. The lowest BCUT2D eigenvalue weighted by Crippen LogP contribution is -2.51. The second kappa shape index (κ2) is 12.0. The number of fused-ring (bicyclic) bond motifs is 4. The number of ether oxygens (including phenoxy) is 2. The summed E-state index contributed by atoms with van der Waals surface area (Å²) >= 11 is 0. The van der Waals surface area contributed by atoms with Crippen molar-refractivity contribution in [2.45, 2.75) is 70.3 Å². The molecule has 0 bridgehead atoms. The molecule has 1 aromatic rings. The highest BCUT2D eigenvalue weighted by atomic mass is 16.5. The molecule has 5 heteroatoms. The van der Waals surface area contributed by atoms with Crippen LogP contribution in [0, 0.1) is 23.2 Å². The summed E-state index contributed by atoms with van der Waals surface area (Å²) in [6, 6.07) is 10.3. The summed E-state index contributed by atoms with van der Waals surface area (Å²) in [5.41, 5.74) is 10.0. The van der Waals surface area contributed by atoms with Crippen LogP contribution in [0.4, 0.5) is 0 Å². The molecule has 5 atom stereocenters. The van der Waals surface area contributed by atoms with Crippen LogP contribution in [0.3, 0.4) is 0 Å². The van der Waals surface area contributed by atoms with Crippen LogP contribution in [0.15, 0.2) is 59.2 Å². The van der Waals surface area contributed by atoms with E-state index in [-0.39, 0.29) is 11.2 Å². The summed E-state index contributed by atoms with van der Waals surface area (Å²) < 4.78 is 11.3. The molecule has 0 heterocycles. The Morgan fingerprint density at radius 2 is 1.84 bits per heavy atom. The number of allylic oxidation sites excluding steroid dienone is 4. The van der Waals surface area contributed by atoms with Gasteiger partial charge in [0, 0.05) is 25.0 Å². The van der Waals surface area contributed by atoms with Gasteiger partial charge in [0.1, 0.15) is 0 Å². The monoisotopic (exact) mass is 519 g/mol. The zero-order valence-corrected chi connectivity index (χ0v) is 23.0. The fourth-order valence-corrected chi connectivity index (χ4v) is 8.04. The van der Waals surface area contributed by atoms with Gasteiger partial charge in [-0.05, 0) is 91.9 Å². The van der Waals surface area contributed by atoms with Crippen molar-refractivity contribution >= 4 is 11.9 Å². The first-order chi connectivity index (χ1) is 18.4. The van der Waals surface area contributed by atoms with E-state index in [2.05, 4.69) is 31.2 Å². The number of ketones is 1. The summed E-state index contributed by atoms with van der Waals surface area (Å²) in [5, 5.41) is 12.2. The molecule has 4 aliphatic carbocycles. The molecule has 206 valence electrons. The predicted octanol–water partition coefficient (Wildman–Crippen LogP) is 5.64. The molecule has 5 rings (SSSR count). The zero-order valence-electron chi connectivity index (χ0n) is 23.0. The first-order valence-electron chi connectivity index (χ1n) is 14.7. The van der Waals surface area contributed by atoms with E-state index in [1.54, 1.807) is 5.57 Å². The minimum absolute atomic E-state index is 0.166. The number of benzene rings is 1. The van der Waals surface area contributed by atoms with E-state index < -0.39 is 5.60 Å². The Labute approximate surface area is 228 Å².